The maximum absolute atomic E-state index is 4.36. The molecule has 3 rings (SSSR count). The Balaban J connectivity index is 2.18. The Labute approximate surface area is 94.3 Å². The second-order valence-electron chi connectivity index (χ2n) is 4.31. The van der Waals surface area contributed by atoms with Crippen molar-refractivity contribution in [3.63, 3.8) is 0 Å². The Morgan fingerprint density at radius 3 is 3.12 bits per heavy atom. The number of hydrogen-bond donors (Lipinski definition) is 1. The van der Waals surface area contributed by atoms with Crippen molar-refractivity contribution in [1.82, 2.24) is 14.8 Å². The smallest absolute Gasteiger partial charge is 0.130 e. The number of anilines is 1. The van der Waals surface area contributed by atoms with Crippen LogP contribution in [0.2, 0.25) is 0 Å². The van der Waals surface area contributed by atoms with Gasteiger partial charge < -0.3 is 5.32 Å². The Morgan fingerprint density at radius 1 is 1.50 bits per heavy atom. The van der Waals surface area contributed by atoms with Gasteiger partial charge in [0.25, 0.3) is 0 Å². The number of rotatable bonds is 1. The quantitative estimate of drug-likeness (QED) is 0.789. The lowest BCUT2D eigenvalue weighted by Crippen LogP contribution is -1.96. The van der Waals surface area contributed by atoms with E-state index in [1.807, 2.05) is 30.3 Å². The van der Waals surface area contributed by atoms with E-state index in [4.69, 9.17) is 0 Å². The van der Waals surface area contributed by atoms with Gasteiger partial charge in [-0.25, -0.2) is 4.98 Å². The number of hydrogen-bond acceptors (Lipinski definition) is 3. The summed E-state index contributed by atoms with van der Waals surface area (Å²) in [6, 6.07) is 2.07. The first-order chi connectivity index (χ1) is 7.75. The van der Waals surface area contributed by atoms with Gasteiger partial charge >= 0.3 is 0 Å². The van der Waals surface area contributed by atoms with Crippen LogP contribution in [0.15, 0.2) is 24.7 Å². The first kappa shape index (κ1) is 9.39. The SMILES string of the molecule is CC1CNc2nccc(-c3cnn(C)c3)c21. The second kappa shape index (κ2) is 3.33. The summed E-state index contributed by atoms with van der Waals surface area (Å²) in [6.45, 7) is 3.19. The predicted octanol–water partition coefficient (Wildman–Crippen LogP) is 2.01. The van der Waals surface area contributed by atoms with Crippen molar-refractivity contribution in [2.45, 2.75) is 12.8 Å². The Bertz CT molecular complexity index is 530. The van der Waals surface area contributed by atoms with E-state index in [1.54, 1.807) is 0 Å². The van der Waals surface area contributed by atoms with Gasteiger partial charge in [0.05, 0.1) is 6.20 Å². The molecule has 4 heteroatoms. The average Bonchev–Trinajstić information content (AvgIpc) is 2.86. The van der Waals surface area contributed by atoms with Crippen LogP contribution in [0, 0.1) is 0 Å². The zero-order valence-electron chi connectivity index (χ0n) is 9.44. The molecule has 1 atom stereocenters. The summed E-state index contributed by atoms with van der Waals surface area (Å²) in [5.74, 6) is 1.53. The van der Waals surface area contributed by atoms with Gasteiger partial charge in [0.1, 0.15) is 5.82 Å². The first-order valence-corrected chi connectivity index (χ1v) is 5.47. The number of nitrogens with one attached hydrogen (secondary N) is 1. The average molecular weight is 214 g/mol. The topological polar surface area (TPSA) is 42.7 Å². The molecule has 0 saturated heterocycles. The molecule has 0 aromatic carbocycles. The monoisotopic (exact) mass is 214 g/mol. The van der Waals surface area contributed by atoms with E-state index in [0.29, 0.717) is 5.92 Å². The van der Waals surface area contributed by atoms with Crippen LogP contribution in [0.4, 0.5) is 5.82 Å². The summed E-state index contributed by atoms with van der Waals surface area (Å²) in [7, 11) is 1.94. The molecular formula is C12H14N4. The molecule has 1 aliphatic heterocycles. The van der Waals surface area contributed by atoms with Crippen molar-refractivity contribution in [3.8, 4) is 11.1 Å². The van der Waals surface area contributed by atoms with Gasteiger partial charge in [-0.05, 0) is 11.6 Å². The highest BCUT2D eigenvalue weighted by Gasteiger charge is 2.23. The third-order valence-corrected chi connectivity index (χ3v) is 3.07. The third-order valence-electron chi connectivity index (χ3n) is 3.07. The summed E-state index contributed by atoms with van der Waals surface area (Å²) >= 11 is 0. The molecule has 0 spiro atoms. The molecule has 0 radical (unpaired) electrons. The first-order valence-electron chi connectivity index (χ1n) is 5.47. The molecule has 1 aliphatic rings. The van der Waals surface area contributed by atoms with Crippen LogP contribution in [0.25, 0.3) is 11.1 Å². The molecule has 16 heavy (non-hydrogen) atoms. The minimum Gasteiger partial charge on any atom is -0.369 e. The fourth-order valence-corrected chi connectivity index (χ4v) is 2.28. The highest BCUT2D eigenvalue weighted by molar-refractivity contribution is 5.73. The van der Waals surface area contributed by atoms with E-state index in [-0.39, 0.29) is 0 Å². The number of nitrogens with zero attached hydrogens (tertiary/aromatic N) is 3. The van der Waals surface area contributed by atoms with Crippen molar-refractivity contribution in [3.05, 3.63) is 30.2 Å². The molecule has 1 N–H and O–H groups in total. The third kappa shape index (κ3) is 1.30. The lowest BCUT2D eigenvalue weighted by atomic mass is 9.96. The van der Waals surface area contributed by atoms with Gasteiger partial charge in [-0.3, -0.25) is 4.68 Å². The predicted molar refractivity (Wildman–Crippen MR) is 63.3 cm³/mol. The Hall–Kier alpha value is -1.84. The molecule has 1 unspecified atom stereocenters. The number of fused-ring (bicyclic) bond motifs is 1. The lowest BCUT2D eigenvalue weighted by molar-refractivity contribution is 0.768. The minimum atomic E-state index is 0.513. The highest BCUT2D eigenvalue weighted by atomic mass is 15.2. The van der Waals surface area contributed by atoms with Crippen LogP contribution in [0.1, 0.15) is 18.4 Å². The van der Waals surface area contributed by atoms with Crippen LogP contribution in [-0.2, 0) is 7.05 Å². The van der Waals surface area contributed by atoms with E-state index < -0.39 is 0 Å². The van der Waals surface area contributed by atoms with Gasteiger partial charge in [-0.1, -0.05) is 6.92 Å². The molecule has 0 aliphatic carbocycles. The minimum absolute atomic E-state index is 0.513. The van der Waals surface area contributed by atoms with Crippen molar-refractivity contribution in [2.75, 3.05) is 11.9 Å². The second-order valence-corrected chi connectivity index (χ2v) is 4.31. The fraction of sp³-hybridized carbons (Fsp3) is 0.333. The largest absolute Gasteiger partial charge is 0.369 e. The molecule has 3 heterocycles. The molecule has 0 bridgehead atoms. The van der Waals surface area contributed by atoms with Gasteiger partial charge in [0.2, 0.25) is 0 Å². The van der Waals surface area contributed by atoms with Crippen LogP contribution in [0.5, 0.6) is 0 Å². The van der Waals surface area contributed by atoms with Crippen LogP contribution in [0.3, 0.4) is 0 Å². The van der Waals surface area contributed by atoms with Crippen LogP contribution in [-0.4, -0.2) is 21.3 Å². The number of aromatic nitrogens is 3. The molecule has 0 amide bonds. The van der Waals surface area contributed by atoms with Gasteiger partial charge in [-0.15, -0.1) is 0 Å². The summed E-state index contributed by atoms with van der Waals surface area (Å²) in [5, 5.41) is 7.55. The normalized spacial score (nSPS) is 18.2. The van der Waals surface area contributed by atoms with Crippen molar-refractivity contribution in [1.29, 1.82) is 0 Å². The van der Waals surface area contributed by atoms with Crippen molar-refractivity contribution in [2.24, 2.45) is 7.05 Å². The summed E-state index contributed by atoms with van der Waals surface area (Å²) in [6.07, 6.45) is 5.80. The van der Waals surface area contributed by atoms with Crippen LogP contribution >= 0.6 is 0 Å². The Morgan fingerprint density at radius 2 is 2.38 bits per heavy atom. The van der Waals surface area contributed by atoms with Crippen molar-refractivity contribution < 1.29 is 0 Å². The molecule has 4 nitrogen and oxygen atoms in total. The van der Waals surface area contributed by atoms with Crippen molar-refractivity contribution >= 4 is 5.82 Å². The van der Waals surface area contributed by atoms with Gasteiger partial charge in [0.15, 0.2) is 0 Å². The van der Waals surface area contributed by atoms with E-state index in [1.165, 1.54) is 11.1 Å². The summed E-state index contributed by atoms with van der Waals surface area (Å²) < 4.78 is 1.83. The van der Waals surface area contributed by atoms with E-state index in [2.05, 4.69) is 28.4 Å². The van der Waals surface area contributed by atoms with Gasteiger partial charge in [-0.2, -0.15) is 5.10 Å². The molecular weight excluding hydrogens is 200 g/mol. The maximum Gasteiger partial charge on any atom is 0.130 e. The summed E-state index contributed by atoms with van der Waals surface area (Å²) in [4.78, 5) is 4.36. The number of pyridine rings is 1. The van der Waals surface area contributed by atoms with E-state index in [0.717, 1.165) is 17.9 Å². The van der Waals surface area contributed by atoms with Gasteiger partial charge in [0, 0.05) is 43.0 Å². The standard InChI is InChI=1S/C12H14N4/c1-8-5-14-12-11(8)10(3-4-13-12)9-6-15-16(2)7-9/h3-4,6-8H,5H2,1-2H3,(H,13,14). The summed E-state index contributed by atoms with van der Waals surface area (Å²) in [5.41, 5.74) is 3.72. The zero-order chi connectivity index (χ0) is 11.1. The molecule has 2 aromatic heterocycles. The lowest BCUT2D eigenvalue weighted by Gasteiger charge is -2.08. The molecule has 2 aromatic rings. The number of aryl methyl sites for hydroxylation is 1. The highest BCUT2D eigenvalue weighted by Crippen LogP contribution is 2.37. The van der Waals surface area contributed by atoms with Crippen LogP contribution < -0.4 is 5.32 Å². The molecule has 0 fully saturated rings. The maximum atomic E-state index is 4.36. The molecule has 0 saturated carbocycles. The zero-order valence-corrected chi connectivity index (χ0v) is 9.44. The Kier molecular flexibility index (Phi) is 1.96. The molecule has 82 valence electrons. The van der Waals surface area contributed by atoms with E-state index in [9.17, 15) is 0 Å². The fourth-order valence-electron chi connectivity index (χ4n) is 2.28. The van der Waals surface area contributed by atoms with E-state index >= 15 is 0 Å².